The van der Waals surface area contributed by atoms with Crippen LogP contribution >= 0.6 is 0 Å². The van der Waals surface area contributed by atoms with E-state index in [4.69, 9.17) is 9.37 Å². The normalized spacial score (nSPS) is 18.8. The molecule has 0 bridgehead atoms. The van der Waals surface area contributed by atoms with Gasteiger partial charge in [-0.2, -0.15) is 0 Å². The van der Waals surface area contributed by atoms with Gasteiger partial charge in [0.15, 0.2) is 0 Å². The second kappa shape index (κ2) is 5.45. The highest BCUT2D eigenvalue weighted by molar-refractivity contribution is 4.96. The molecule has 2 nitrogen and oxygen atoms in total. The van der Waals surface area contributed by atoms with Crippen molar-refractivity contribution in [2.75, 3.05) is 0 Å². The molecule has 60 valence electrons. The summed E-state index contributed by atoms with van der Waals surface area (Å²) in [5, 5.41) is 8.48. The molecule has 1 N–H and O–H groups in total. The van der Waals surface area contributed by atoms with Gasteiger partial charge < -0.3 is 0 Å². The number of hydrogen-bond acceptors (Lipinski definition) is 2. The predicted octanol–water partition coefficient (Wildman–Crippen LogP) is 2.61. The Morgan fingerprint density at radius 3 is 3.00 bits per heavy atom. The lowest BCUT2D eigenvalue weighted by molar-refractivity contribution is -0.269. The maximum absolute atomic E-state index is 8.48. The first-order chi connectivity index (χ1) is 5.93. The quantitative estimate of drug-likeness (QED) is 0.368. The van der Waals surface area contributed by atoms with E-state index < -0.39 is 13.0 Å². The molecular weight excluding hydrogens is 128 g/mol. The van der Waals surface area contributed by atoms with Crippen molar-refractivity contribution in [2.24, 2.45) is 0 Å². The summed E-state index contributed by atoms with van der Waals surface area (Å²) in [5.74, 6) is 0. The minimum Gasteiger partial charge on any atom is -0.251 e. The van der Waals surface area contributed by atoms with Crippen molar-refractivity contribution in [1.82, 2.24) is 0 Å². The molecule has 10 heavy (non-hydrogen) atoms. The Balaban J connectivity index is 4.16. The molecule has 0 saturated carbocycles. The van der Waals surface area contributed by atoms with Crippen LogP contribution in [0.1, 0.15) is 37.2 Å². The summed E-state index contributed by atoms with van der Waals surface area (Å²) in [7, 11) is 0. The maximum atomic E-state index is 8.48. The summed E-state index contributed by atoms with van der Waals surface area (Å²) in [6, 6.07) is 0. The first-order valence-corrected chi connectivity index (χ1v) is 3.43. The third kappa shape index (κ3) is 3.64. The summed E-state index contributed by atoms with van der Waals surface area (Å²) in [6.07, 6.45) is 1.45. The van der Waals surface area contributed by atoms with Crippen molar-refractivity contribution in [3.63, 3.8) is 0 Å². The van der Waals surface area contributed by atoms with Crippen molar-refractivity contribution in [3.05, 3.63) is 12.2 Å². The largest absolute Gasteiger partial charge is 0.251 e. The SMILES string of the molecule is [2H]C([2H])([2H])C(=C)C(CCCC)OO. The van der Waals surface area contributed by atoms with Crippen molar-refractivity contribution < 1.29 is 14.3 Å². The van der Waals surface area contributed by atoms with Gasteiger partial charge in [0.25, 0.3) is 0 Å². The fourth-order valence-electron chi connectivity index (χ4n) is 0.680. The van der Waals surface area contributed by atoms with Gasteiger partial charge in [-0.25, -0.2) is 4.89 Å². The minimum atomic E-state index is -2.25. The van der Waals surface area contributed by atoms with Crippen LogP contribution in [0.3, 0.4) is 0 Å². The van der Waals surface area contributed by atoms with E-state index in [1.807, 2.05) is 6.92 Å². The molecule has 0 aliphatic heterocycles. The lowest BCUT2D eigenvalue weighted by Gasteiger charge is -2.11. The molecule has 0 rings (SSSR count). The maximum Gasteiger partial charge on any atom is 0.113 e. The lowest BCUT2D eigenvalue weighted by atomic mass is 10.1. The van der Waals surface area contributed by atoms with Crippen LogP contribution in [0.15, 0.2) is 12.2 Å². The van der Waals surface area contributed by atoms with Gasteiger partial charge in [-0.1, -0.05) is 26.3 Å². The average molecular weight is 147 g/mol. The lowest BCUT2D eigenvalue weighted by Crippen LogP contribution is -2.11. The van der Waals surface area contributed by atoms with Crippen molar-refractivity contribution in [3.8, 4) is 0 Å². The Morgan fingerprint density at radius 1 is 1.90 bits per heavy atom. The molecule has 1 unspecified atom stereocenters. The first kappa shape index (κ1) is 5.33. The molecule has 1 atom stereocenters. The molecule has 0 fully saturated rings. The monoisotopic (exact) mass is 147 g/mol. The van der Waals surface area contributed by atoms with E-state index >= 15 is 0 Å². The van der Waals surface area contributed by atoms with Crippen molar-refractivity contribution in [2.45, 2.75) is 39.1 Å². The van der Waals surface area contributed by atoms with Gasteiger partial charge in [-0.3, -0.25) is 5.26 Å². The van der Waals surface area contributed by atoms with Gasteiger partial charge in [0.2, 0.25) is 0 Å². The molecule has 0 aliphatic rings. The summed E-state index contributed by atoms with van der Waals surface area (Å²) >= 11 is 0. The zero-order valence-corrected chi connectivity index (χ0v) is 6.26. The van der Waals surface area contributed by atoms with E-state index in [0.717, 1.165) is 12.8 Å². The van der Waals surface area contributed by atoms with Crippen LogP contribution in [0.5, 0.6) is 0 Å². The van der Waals surface area contributed by atoms with Crippen LogP contribution in [0.2, 0.25) is 0 Å². The molecule has 0 aromatic rings. The second-order valence-electron chi connectivity index (χ2n) is 2.26. The Kier molecular flexibility index (Phi) is 2.90. The Hall–Kier alpha value is -0.340. The average Bonchev–Trinajstić information content (AvgIpc) is 2.04. The van der Waals surface area contributed by atoms with Crippen LogP contribution in [0.25, 0.3) is 0 Å². The molecule has 0 aromatic carbocycles. The molecule has 2 heteroatoms. The van der Waals surface area contributed by atoms with E-state index in [1.54, 1.807) is 0 Å². The van der Waals surface area contributed by atoms with Gasteiger partial charge in [0.1, 0.15) is 6.10 Å². The van der Waals surface area contributed by atoms with E-state index in [1.165, 1.54) is 0 Å². The molecule has 0 heterocycles. The molecule has 0 saturated heterocycles. The van der Waals surface area contributed by atoms with Crippen molar-refractivity contribution >= 4 is 0 Å². The van der Waals surface area contributed by atoms with Crippen molar-refractivity contribution in [1.29, 1.82) is 0 Å². The van der Waals surface area contributed by atoms with Crippen LogP contribution in [0, 0.1) is 0 Å². The van der Waals surface area contributed by atoms with E-state index in [9.17, 15) is 0 Å². The van der Waals surface area contributed by atoms with Crippen LogP contribution < -0.4 is 0 Å². The fraction of sp³-hybridized carbons (Fsp3) is 0.750. The fourth-order valence-corrected chi connectivity index (χ4v) is 0.680. The van der Waals surface area contributed by atoms with Gasteiger partial charge in [-0.05, 0) is 18.8 Å². The molecule has 0 aromatic heterocycles. The number of rotatable bonds is 5. The highest BCUT2D eigenvalue weighted by Crippen LogP contribution is 2.10. The van der Waals surface area contributed by atoms with Crippen LogP contribution in [-0.2, 0) is 4.89 Å². The Labute approximate surface area is 66.7 Å². The smallest absolute Gasteiger partial charge is 0.113 e. The Bertz CT molecular complexity index is 165. The molecule has 0 aliphatic carbocycles. The molecule has 0 radical (unpaired) electrons. The summed E-state index contributed by atoms with van der Waals surface area (Å²) in [4.78, 5) is 4.08. The third-order valence-corrected chi connectivity index (χ3v) is 1.34. The first-order valence-electron chi connectivity index (χ1n) is 4.93. The topological polar surface area (TPSA) is 29.5 Å². The number of unbranched alkanes of at least 4 members (excludes halogenated alkanes) is 1. The van der Waals surface area contributed by atoms with Crippen LogP contribution in [-0.4, -0.2) is 11.4 Å². The van der Waals surface area contributed by atoms with E-state index in [2.05, 4.69) is 11.5 Å². The molecule has 0 spiro atoms. The predicted molar refractivity (Wildman–Crippen MR) is 41.8 cm³/mol. The second-order valence-corrected chi connectivity index (χ2v) is 2.26. The van der Waals surface area contributed by atoms with E-state index in [0.29, 0.717) is 6.42 Å². The van der Waals surface area contributed by atoms with Gasteiger partial charge >= 0.3 is 0 Å². The zero-order valence-electron chi connectivity index (χ0n) is 9.26. The number of hydrogen-bond donors (Lipinski definition) is 1. The standard InChI is InChI=1S/C8H16O2/c1-4-5-6-8(10-9)7(2)3/h8-9H,2,4-6H2,1,3H3/i3D3. The zero-order chi connectivity index (χ0) is 10.5. The van der Waals surface area contributed by atoms with Gasteiger partial charge in [-0.15, -0.1) is 0 Å². The van der Waals surface area contributed by atoms with E-state index in [-0.39, 0.29) is 5.57 Å². The highest BCUT2D eigenvalue weighted by Gasteiger charge is 2.07. The summed E-state index contributed by atoms with van der Waals surface area (Å²) < 4.78 is 21.1. The van der Waals surface area contributed by atoms with Gasteiger partial charge in [0.05, 0.1) is 0 Å². The minimum absolute atomic E-state index is 0.0385. The summed E-state index contributed by atoms with van der Waals surface area (Å²) in [6.45, 7) is 3.13. The third-order valence-electron chi connectivity index (χ3n) is 1.34. The Morgan fingerprint density at radius 2 is 2.60 bits per heavy atom. The van der Waals surface area contributed by atoms with Crippen LogP contribution in [0.4, 0.5) is 0 Å². The van der Waals surface area contributed by atoms with Gasteiger partial charge in [0, 0.05) is 4.11 Å². The highest BCUT2D eigenvalue weighted by atomic mass is 17.1. The summed E-state index contributed by atoms with van der Waals surface area (Å²) in [5.41, 5.74) is -0.0385. The molecule has 0 amide bonds. The molecular formula is C8H16O2.